The normalized spacial score (nSPS) is 9.00. The summed E-state index contributed by atoms with van der Waals surface area (Å²) in [4.78, 5) is 2.00. The van der Waals surface area contributed by atoms with E-state index in [2.05, 4.69) is 4.65 Å². The Kier molecular flexibility index (Phi) is 6.83. The molecule has 0 amide bonds. The highest BCUT2D eigenvalue weighted by molar-refractivity contribution is 6.33. The summed E-state index contributed by atoms with van der Waals surface area (Å²) in [5.41, 5.74) is 0. The van der Waals surface area contributed by atoms with Gasteiger partial charge < -0.3 is 19.6 Å². The summed E-state index contributed by atoms with van der Waals surface area (Å²) in [7, 11) is 4.27. The van der Waals surface area contributed by atoms with Gasteiger partial charge in [0.25, 0.3) is 0 Å². The minimum Gasteiger partial charge on any atom is -0.512 e. The van der Waals surface area contributed by atoms with Crippen LogP contribution in [0, 0.1) is 0 Å². The van der Waals surface area contributed by atoms with Gasteiger partial charge in [0, 0.05) is 0 Å². The summed E-state index contributed by atoms with van der Waals surface area (Å²) in [5, 5.41) is 16.7. The Labute approximate surface area is 84.9 Å². The molecule has 0 heterocycles. The Morgan fingerprint density at radius 1 is 1.07 bits per heavy atom. The quantitative estimate of drug-likeness (QED) is 0.665. The number of hydrogen-bond donors (Lipinski definition) is 2. The largest absolute Gasteiger partial charge is 0.707 e. The maximum atomic E-state index is 8.34. The molecule has 14 heavy (non-hydrogen) atoms. The van der Waals surface area contributed by atoms with E-state index in [4.69, 9.17) is 10.0 Å². The number of hydrogen-bond acceptors (Lipinski definition) is 4. The summed E-state index contributed by atoms with van der Waals surface area (Å²) in [6.45, 7) is 0. The average Bonchev–Trinajstić information content (AvgIpc) is 2.03. The molecule has 0 aliphatic heterocycles. The van der Waals surface area contributed by atoms with Crippen molar-refractivity contribution >= 4 is 7.32 Å². The zero-order valence-electron chi connectivity index (χ0n) is 8.71. The molecule has 0 saturated heterocycles. The Morgan fingerprint density at radius 3 is 1.86 bits per heavy atom. The fraction of sp³-hybridized carbons (Fsp3) is 0.333. The predicted molar refractivity (Wildman–Crippen MR) is 56.9 cm³/mol. The van der Waals surface area contributed by atoms with Gasteiger partial charge in [-0.2, -0.15) is 0 Å². The van der Waals surface area contributed by atoms with Gasteiger partial charge in [0.2, 0.25) is 0 Å². The molecule has 0 spiro atoms. The highest BCUT2D eigenvalue weighted by Crippen LogP contribution is 2.07. The van der Waals surface area contributed by atoms with Crippen LogP contribution in [0.2, 0.25) is 0 Å². The van der Waals surface area contributed by atoms with Gasteiger partial charge in [-0.15, -0.1) is 0 Å². The number of benzene rings is 1. The molecule has 0 fully saturated rings. The molecule has 1 aromatic rings. The molecule has 0 aromatic heterocycles. The highest BCUT2D eigenvalue weighted by atomic mass is 16.6. The Bertz CT molecular complexity index is 226. The van der Waals surface area contributed by atoms with Gasteiger partial charge in [-0.05, 0) is 33.3 Å². The van der Waals surface area contributed by atoms with E-state index in [0.717, 1.165) is 0 Å². The molecule has 5 heteroatoms. The monoisotopic (exact) mass is 197 g/mol. The van der Waals surface area contributed by atoms with E-state index in [1.807, 2.05) is 32.1 Å². The van der Waals surface area contributed by atoms with Crippen LogP contribution < -0.4 is 4.65 Å². The molecule has 1 rings (SSSR count). The summed E-state index contributed by atoms with van der Waals surface area (Å²) in [5.74, 6) is 0.442. The van der Waals surface area contributed by atoms with E-state index in [1.54, 1.807) is 24.3 Å². The molecule has 0 unspecified atom stereocenters. The van der Waals surface area contributed by atoms with Crippen LogP contribution in [0.3, 0.4) is 0 Å². The second-order valence-electron chi connectivity index (χ2n) is 3.10. The Hall–Kier alpha value is -1.04. The first kappa shape index (κ1) is 13.0. The van der Waals surface area contributed by atoms with E-state index < -0.39 is 7.32 Å². The molecule has 0 atom stereocenters. The molecule has 0 radical (unpaired) electrons. The van der Waals surface area contributed by atoms with Gasteiger partial charge in [-0.3, -0.25) is 0 Å². The SMILES string of the molecule is CN(C)C.OB(O)Oc1ccccc1. The first-order valence-electron chi connectivity index (χ1n) is 4.21. The van der Waals surface area contributed by atoms with Crippen molar-refractivity contribution in [2.45, 2.75) is 0 Å². The topological polar surface area (TPSA) is 52.9 Å². The molecule has 0 aliphatic carbocycles. The van der Waals surface area contributed by atoms with Gasteiger partial charge in [-0.25, -0.2) is 0 Å². The van der Waals surface area contributed by atoms with Crippen LogP contribution in [0.4, 0.5) is 0 Å². The molecular formula is C9H16BNO3. The predicted octanol–water partition coefficient (Wildman–Crippen LogP) is 0.213. The third kappa shape index (κ3) is 9.06. The van der Waals surface area contributed by atoms with Crippen molar-refractivity contribution < 1.29 is 14.7 Å². The van der Waals surface area contributed by atoms with Crippen LogP contribution in [0.1, 0.15) is 0 Å². The first-order chi connectivity index (χ1) is 6.52. The maximum Gasteiger partial charge on any atom is 0.707 e. The molecular weight excluding hydrogens is 181 g/mol. The number of para-hydroxylation sites is 1. The lowest BCUT2D eigenvalue weighted by Crippen LogP contribution is -2.20. The van der Waals surface area contributed by atoms with Crippen LogP contribution in [-0.4, -0.2) is 43.4 Å². The van der Waals surface area contributed by atoms with Crippen LogP contribution in [-0.2, 0) is 0 Å². The fourth-order valence-electron chi connectivity index (χ4n) is 0.621. The van der Waals surface area contributed by atoms with Gasteiger partial charge in [0.05, 0.1) is 0 Å². The van der Waals surface area contributed by atoms with Crippen LogP contribution in [0.5, 0.6) is 5.75 Å². The molecule has 0 aliphatic rings. The molecule has 78 valence electrons. The molecule has 0 bridgehead atoms. The van der Waals surface area contributed by atoms with Crippen molar-refractivity contribution in [2.24, 2.45) is 0 Å². The average molecular weight is 197 g/mol. The lowest BCUT2D eigenvalue weighted by molar-refractivity contribution is 0.288. The van der Waals surface area contributed by atoms with Crippen LogP contribution in [0.15, 0.2) is 30.3 Å². The summed E-state index contributed by atoms with van der Waals surface area (Å²) in [6.07, 6.45) is 0. The van der Waals surface area contributed by atoms with Crippen molar-refractivity contribution in [1.29, 1.82) is 0 Å². The molecule has 0 saturated carbocycles. The maximum absolute atomic E-state index is 8.34. The van der Waals surface area contributed by atoms with E-state index >= 15 is 0 Å². The summed E-state index contributed by atoms with van der Waals surface area (Å²) >= 11 is 0. The smallest absolute Gasteiger partial charge is 0.512 e. The Morgan fingerprint density at radius 2 is 1.50 bits per heavy atom. The van der Waals surface area contributed by atoms with Gasteiger partial charge in [0.1, 0.15) is 5.75 Å². The van der Waals surface area contributed by atoms with Gasteiger partial charge in [-0.1, -0.05) is 18.2 Å². The van der Waals surface area contributed by atoms with E-state index in [9.17, 15) is 0 Å². The molecule has 2 N–H and O–H groups in total. The zero-order chi connectivity index (χ0) is 11.0. The van der Waals surface area contributed by atoms with E-state index in [-0.39, 0.29) is 0 Å². The summed E-state index contributed by atoms with van der Waals surface area (Å²) < 4.78 is 4.53. The van der Waals surface area contributed by atoms with E-state index in [1.165, 1.54) is 0 Å². The first-order valence-corrected chi connectivity index (χ1v) is 4.21. The van der Waals surface area contributed by atoms with Crippen molar-refractivity contribution in [3.63, 3.8) is 0 Å². The van der Waals surface area contributed by atoms with Crippen molar-refractivity contribution in [2.75, 3.05) is 21.1 Å². The van der Waals surface area contributed by atoms with Crippen molar-refractivity contribution in [3.8, 4) is 5.75 Å². The third-order valence-corrected chi connectivity index (χ3v) is 0.985. The van der Waals surface area contributed by atoms with Crippen molar-refractivity contribution in [1.82, 2.24) is 4.90 Å². The minimum atomic E-state index is -1.73. The highest BCUT2D eigenvalue weighted by Gasteiger charge is 2.09. The zero-order valence-corrected chi connectivity index (χ0v) is 8.71. The van der Waals surface area contributed by atoms with Crippen LogP contribution >= 0.6 is 0 Å². The van der Waals surface area contributed by atoms with Crippen molar-refractivity contribution in [3.05, 3.63) is 30.3 Å². The molecule has 4 nitrogen and oxygen atoms in total. The number of rotatable bonds is 2. The van der Waals surface area contributed by atoms with Gasteiger partial charge >= 0.3 is 7.32 Å². The summed E-state index contributed by atoms with van der Waals surface area (Å²) in [6, 6.07) is 8.59. The van der Waals surface area contributed by atoms with E-state index in [0.29, 0.717) is 5.75 Å². The molecule has 1 aromatic carbocycles. The van der Waals surface area contributed by atoms with Gasteiger partial charge in [0.15, 0.2) is 0 Å². The lowest BCUT2D eigenvalue weighted by Gasteiger charge is -2.01. The van der Waals surface area contributed by atoms with Crippen LogP contribution in [0.25, 0.3) is 0 Å². The fourth-order valence-corrected chi connectivity index (χ4v) is 0.621. The minimum absolute atomic E-state index is 0.442. The second-order valence-corrected chi connectivity index (χ2v) is 3.10. The Balaban J connectivity index is 0.000000364. The third-order valence-electron chi connectivity index (χ3n) is 0.985. The standard InChI is InChI=1S/C6H7BO3.C3H9N/c8-7(9)10-6-4-2-1-3-5-6;1-4(2)3/h1-5,8-9H;1-3H3. The second kappa shape index (κ2) is 7.38. The lowest BCUT2D eigenvalue weighted by atomic mass is 10.2. The number of nitrogens with zero attached hydrogens (tertiary/aromatic N) is 1.